The van der Waals surface area contributed by atoms with E-state index in [1.165, 1.54) is 0 Å². The van der Waals surface area contributed by atoms with Gasteiger partial charge in [0, 0.05) is 44.5 Å². The summed E-state index contributed by atoms with van der Waals surface area (Å²) >= 11 is 0. The quantitative estimate of drug-likeness (QED) is 0.623. The van der Waals surface area contributed by atoms with E-state index < -0.39 is 0 Å². The Bertz CT molecular complexity index is 948. The first-order valence-electron chi connectivity index (χ1n) is 8.93. The third-order valence-electron chi connectivity index (χ3n) is 4.53. The number of carbonyl (C=O) groups excluding carboxylic acids is 2. The molecule has 0 saturated heterocycles. The number of fused-ring (bicyclic) bond motifs is 1. The first-order valence-corrected chi connectivity index (χ1v) is 8.93. The first kappa shape index (κ1) is 18.6. The topological polar surface area (TPSA) is 73.2 Å². The molecular formula is C21H23N3O3. The molecule has 0 fully saturated rings. The number of Topliss-reactive ketones (excluding diaryl/α,β-unsaturated/α-hetero) is 1. The molecule has 2 aromatic carbocycles. The van der Waals surface area contributed by atoms with Crippen molar-refractivity contribution < 1.29 is 14.3 Å². The number of hydrogen-bond donors (Lipinski definition) is 1. The Balaban J connectivity index is 1.49. The Morgan fingerprint density at radius 2 is 1.89 bits per heavy atom. The van der Waals surface area contributed by atoms with Crippen molar-refractivity contribution in [2.45, 2.75) is 19.3 Å². The molecule has 0 aliphatic heterocycles. The number of nitrogens with one attached hydrogen (secondary N) is 1. The van der Waals surface area contributed by atoms with Crippen molar-refractivity contribution in [2.24, 2.45) is 7.05 Å². The first-order chi connectivity index (χ1) is 13.1. The molecule has 6 nitrogen and oxygen atoms in total. The molecule has 0 saturated carbocycles. The van der Waals surface area contributed by atoms with E-state index in [1.807, 2.05) is 48.0 Å². The zero-order chi connectivity index (χ0) is 19.2. The number of imidazole rings is 1. The van der Waals surface area contributed by atoms with Crippen molar-refractivity contribution in [3.8, 4) is 5.75 Å². The van der Waals surface area contributed by atoms with Crippen LogP contribution in [-0.2, 0) is 18.3 Å². The second-order valence-corrected chi connectivity index (χ2v) is 6.33. The van der Waals surface area contributed by atoms with Crippen LogP contribution in [0.4, 0.5) is 0 Å². The molecule has 0 radical (unpaired) electrons. The average Bonchev–Trinajstić information content (AvgIpc) is 3.01. The lowest BCUT2D eigenvalue weighted by Crippen LogP contribution is -2.26. The molecule has 0 aliphatic carbocycles. The van der Waals surface area contributed by atoms with Crippen LogP contribution >= 0.6 is 0 Å². The van der Waals surface area contributed by atoms with Crippen LogP contribution < -0.4 is 10.1 Å². The number of aromatic nitrogens is 2. The standard InChI is InChI=1S/C21H23N3O3/c1-24-18-9-8-16(27-2)14-17(18)23-20(24)12-13-22-21(26)11-10-19(25)15-6-4-3-5-7-15/h3-9,14H,10-13H2,1-2H3,(H,22,26). The number of nitrogens with zero attached hydrogens (tertiary/aromatic N) is 2. The second-order valence-electron chi connectivity index (χ2n) is 6.33. The Kier molecular flexibility index (Phi) is 5.86. The van der Waals surface area contributed by atoms with E-state index in [0.717, 1.165) is 22.6 Å². The van der Waals surface area contributed by atoms with E-state index in [1.54, 1.807) is 19.2 Å². The summed E-state index contributed by atoms with van der Waals surface area (Å²) in [7, 11) is 3.58. The zero-order valence-corrected chi connectivity index (χ0v) is 15.6. The summed E-state index contributed by atoms with van der Waals surface area (Å²) in [6, 6.07) is 14.8. The SMILES string of the molecule is COc1ccc2c(c1)nc(CCNC(=O)CCC(=O)c1ccccc1)n2C. The van der Waals surface area contributed by atoms with Crippen molar-refractivity contribution in [3.05, 3.63) is 59.9 Å². The van der Waals surface area contributed by atoms with Gasteiger partial charge in [-0.2, -0.15) is 0 Å². The Morgan fingerprint density at radius 1 is 1.11 bits per heavy atom. The summed E-state index contributed by atoms with van der Waals surface area (Å²) in [6.07, 6.45) is 1.02. The number of methoxy groups -OCH3 is 1. The lowest BCUT2D eigenvalue weighted by molar-refractivity contribution is -0.121. The van der Waals surface area contributed by atoms with Crippen molar-refractivity contribution >= 4 is 22.7 Å². The van der Waals surface area contributed by atoms with Crippen LogP contribution in [0.15, 0.2) is 48.5 Å². The largest absolute Gasteiger partial charge is 0.497 e. The lowest BCUT2D eigenvalue weighted by Gasteiger charge is -2.06. The van der Waals surface area contributed by atoms with Gasteiger partial charge in [-0.05, 0) is 12.1 Å². The fourth-order valence-corrected chi connectivity index (χ4v) is 2.98. The van der Waals surface area contributed by atoms with Crippen molar-refractivity contribution in [3.63, 3.8) is 0 Å². The molecule has 1 aromatic heterocycles. The van der Waals surface area contributed by atoms with Gasteiger partial charge >= 0.3 is 0 Å². The number of hydrogen-bond acceptors (Lipinski definition) is 4. The van der Waals surface area contributed by atoms with Gasteiger partial charge in [0.1, 0.15) is 11.6 Å². The fourth-order valence-electron chi connectivity index (χ4n) is 2.98. The van der Waals surface area contributed by atoms with Gasteiger partial charge in [-0.3, -0.25) is 9.59 Å². The van der Waals surface area contributed by atoms with E-state index in [4.69, 9.17) is 4.74 Å². The third kappa shape index (κ3) is 4.53. The van der Waals surface area contributed by atoms with Crippen LogP contribution in [-0.4, -0.2) is 34.9 Å². The molecule has 0 bridgehead atoms. The van der Waals surface area contributed by atoms with E-state index in [9.17, 15) is 9.59 Å². The second kappa shape index (κ2) is 8.49. The van der Waals surface area contributed by atoms with Crippen LogP contribution in [0.2, 0.25) is 0 Å². The maximum atomic E-state index is 12.0. The van der Waals surface area contributed by atoms with E-state index in [-0.39, 0.29) is 24.5 Å². The van der Waals surface area contributed by atoms with Gasteiger partial charge in [-0.15, -0.1) is 0 Å². The molecule has 0 atom stereocenters. The number of ketones is 1. The van der Waals surface area contributed by atoms with Crippen LogP contribution in [0.1, 0.15) is 29.0 Å². The molecule has 0 unspecified atom stereocenters. The Morgan fingerprint density at radius 3 is 2.63 bits per heavy atom. The monoisotopic (exact) mass is 365 g/mol. The average molecular weight is 365 g/mol. The fraction of sp³-hybridized carbons (Fsp3) is 0.286. The van der Waals surface area contributed by atoms with Crippen LogP contribution in [0, 0.1) is 0 Å². The van der Waals surface area contributed by atoms with E-state index >= 15 is 0 Å². The minimum atomic E-state index is -0.125. The Labute approximate surface area is 158 Å². The van der Waals surface area contributed by atoms with E-state index in [2.05, 4.69) is 10.3 Å². The molecule has 140 valence electrons. The van der Waals surface area contributed by atoms with Crippen molar-refractivity contribution in [1.82, 2.24) is 14.9 Å². The molecule has 1 heterocycles. The smallest absolute Gasteiger partial charge is 0.220 e. The maximum Gasteiger partial charge on any atom is 0.220 e. The van der Waals surface area contributed by atoms with Crippen molar-refractivity contribution in [2.75, 3.05) is 13.7 Å². The van der Waals surface area contributed by atoms with Gasteiger partial charge in [0.2, 0.25) is 5.91 Å². The predicted molar refractivity (Wildman–Crippen MR) is 104 cm³/mol. The number of ether oxygens (including phenoxy) is 1. The van der Waals surface area contributed by atoms with Gasteiger partial charge in [0.25, 0.3) is 0 Å². The highest BCUT2D eigenvalue weighted by atomic mass is 16.5. The van der Waals surface area contributed by atoms with Gasteiger partial charge in [0.05, 0.1) is 18.1 Å². The maximum absolute atomic E-state index is 12.0. The normalized spacial score (nSPS) is 10.7. The summed E-state index contributed by atoms with van der Waals surface area (Å²) < 4.78 is 7.24. The number of amides is 1. The highest BCUT2D eigenvalue weighted by molar-refractivity contribution is 5.97. The van der Waals surface area contributed by atoms with E-state index in [0.29, 0.717) is 18.5 Å². The number of aryl methyl sites for hydroxylation is 1. The van der Waals surface area contributed by atoms with Gasteiger partial charge in [-0.25, -0.2) is 4.98 Å². The molecule has 0 aliphatic rings. The number of benzene rings is 2. The molecule has 3 rings (SSSR count). The van der Waals surface area contributed by atoms with Crippen LogP contribution in [0.25, 0.3) is 11.0 Å². The Hall–Kier alpha value is -3.15. The molecule has 3 aromatic rings. The number of carbonyl (C=O) groups is 2. The number of rotatable bonds is 8. The lowest BCUT2D eigenvalue weighted by atomic mass is 10.1. The molecule has 0 spiro atoms. The minimum Gasteiger partial charge on any atom is -0.497 e. The highest BCUT2D eigenvalue weighted by Gasteiger charge is 2.11. The molecular weight excluding hydrogens is 342 g/mol. The minimum absolute atomic E-state index is 0.0185. The summed E-state index contributed by atoms with van der Waals surface area (Å²) in [4.78, 5) is 28.6. The van der Waals surface area contributed by atoms with Crippen molar-refractivity contribution in [1.29, 1.82) is 0 Å². The molecule has 1 amide bonds. The predicted octanol–water partition coefficient (Wildman–Crippen LogP) is 2.90. The van der Waals surface area contributed by atoms with Gasteiger partial charge in [0.15, 0.2) is 5.78 Å². The van der Waals surface area contributed by atoms with Crippen LogP contribution in [0.5, 0.6) is 5.75 Å². The zero-order valence-electron chi connectivity index (χ0n) is 15.6. The summed E-state index contributed by atoms with van der Waals surface area (Å²) in [6.45, 7) is 0.479. The third-order valence-corrected chi connectivity index (χ3v) is 4.53. The molecule has 6 heteroatoms. The molecule has 1 N–H and O–H groups in total. The van der Waals surface area contributed by atoms with Crippen LogP contribution in [0.3, 0.4) is 0 Å². The highest BCUT2D eigenvalue weighted by Crippen LogP contribution is 2.21. The summed E-state index contributed by atoms with van der Waals surface area (Å²) in [5.41, 5.74) is 2.53. The molecule has 27 heavy (non-hydrogen) atoms. The summed E-state index contributed by atoms with van der Waals surface area (Å²) in [5, 5.41) is 2.86. The van der Waals surface area contributed by atoms with Gasteiger partial charge < -0.3 is 14.6 Å². The van der Waals surface area contributed by atoms with Gasteiger partial charge in [-0.1, -0.05) is 30.3 Å². The summed E-state index contributed by atoms with van der Waals surface area (Å²) in [5.74, 6) is 1.51.